The minimum atomic E-state index is -0.596. The molecule has 21 heavy (non-hydrogen) atoms. The molecule has 2 rings (SSSR count). The lowest BCUT2D eigenvalue weighted by Gasteiger charge is -2.09. The van der Waals surface area contributed by atoms with E-state index in [1.54, 1.807) is 13.2 Å². The quantitative estimate of drug-likeness (QED) is 0.886. The van der Waals surface area contributed by atoms with Gasteiger partial charge in [0.2, 0.25) is 12.2 Å². The first-order chi connectivity index (χ1) is 10.2. The highest BCUT2D eigenvalue weighted by Crippen LogP contribution is 2.21. The van der Waals surface area contributed by atoms with Crippen molar-refractivity contribution in [2.24, 2.45) is 0 Å². The van der Waals surface area contributed by atoms with Crippen LogP contribution in [0.25, 0.3) is 0 Å². The third kappa shape index (κ3) is 4.76. The van der Waals surface area contributed by atoms with E-state index in [0.717, 1.165) is 11.3 Å². The van der Waals surface area contributed by atoms with E-state index in [0.29, 0.717) is 5.75 Å². The molecule has 0 spiro atoms. The third-order valence-corrected chi connectivity index (χ3v) is 2.80. The van der Waals surface area contributed by atoms with E-state index in [1.165, 1.54) is 0 Å². The topological polar surface area (TPSA) is 55.4 Å². The highest BCUT2D eigenvalue weighted by Gasteiger charge is 2.08. The minimum Gasteiger partial charge on any atom is -0.457 e. The first kappa shape index (κ1) is 14.8. The van der Waals surface area contributed by atoms with Gasteiger partial charge in [-0.2, -0.15) is 0 Å². The second kappa shape index (κ2) is 7.24. The van der Waals surface area contributed by atoms with Crippen molar-refractivity contribution in [2.75, 3.05) is 0 Å². The molecule has 0 aliphatic carbocycles. The van der Waals surface area contributed by atoms with E-state index < -0.39 is 6.04 Å². The van der Waals surface area contributed by atoms with Crippen molar-refractivity contribution >= 4 is 12.2 Å². The first-order valence-corrected chi connectivity index (χ1v) is 6.66. The molecule has 0 aliphatic rings. The summed E-state index contributed by atoms with van der Waals surface area (Å²) in [6.45, 7) is 1.58. The van der Waals surface area contributed by atoms with Gasteiger partial charge in [-0.3, -0.25) is 9.59 Å². The Labute approximate surface area is 123 Å². The van der Waals surface area contributed by atoms with Crippen LogP contribution in [-0.4, -0.2) is 18.2 Å². The van der Waals surface area contributed by atoms with E-state index in [9.17, 15) is 9.59 Å². The lowest BCUT2D eigenvalue weighted by Crippen LogP contribution is -2.34. The maximum absolute atomic E-state index is 11.7. The molecule has 0 aromatic heterocycles. The molecule has 0 unspecified atom stereocenters. The molecule has 2 aromatic carbocycles. The first-order valence-electron chi connectivity index (χ1n) is 6.66. The summed E-state index contributed by atoms with van der Waals surface area (Å²) in [4.78, 5) is 22.1. The Morgan fingerprint density at radius 2 is 1.86 bits per heavy atom. The Morgan fingerprint density at radius 1 is 1.14 bits per heavy atom. The van der Waals surface area contributed by atoms with Crippen molar-refractivity contribution < 1.29 is 14.3 Å². The summed E-state index contributed by atoms with van der Waals surface area (Å²) < 4.78 is 5.71. The zero-order chi connectivity index (χ0) is 15.1. The van der Waals surface area contributed by atoms with Crippen molar-refractivity contribution in [3.8, 4) is 11.5 Å². The number of carbonyl (C=O) groups excluding carboxylic acids is 2. The van der Waals surface area contributed by atoms with E-state index in [-0.39, 0.29) is 12.3 Å². The Hall–Kier alpha value is -2.62. The van der Waals surface area contributed by atoms with Gasteiger partial charge in [-0.25, -0.2) is 0 Å². The molecule has 0 bridgehead atoms. The lowest BCUT2D eigenvalue weighted by molar-refractivity contribution is -0.120. The number of benzene rings is 2. The van der Waals surface area contributed by atoms with Crippen LogP contribution >= 0.6 is 0 Å². The zero-order valence-corrected chi connectivity index (χ0v) is 11.7. The zero-order valence-electron chi connectivity index (χ0n) is 11.7. The van der Waals surface area contributed by atoms with Crippen molar-refractivity contribution in [2.45, 2.75) is 19.4 Å². The predicted molar refractivity (Wildman–Crippen MR) is 80.0 cm³/mol. The van der Waals surface area contributed by atoms with Gasteiger partial charge in [0.15, 0.2) is 0 Å². The lowest BCUT2D eigenvalue weighted by atomic mass is 10.1. The molecule has 0 saturated heterocycles. The molecule has 1 atom stereocenters. The van der Waals surface area contributed by atoms with Crippen LogP contribution in [0.3, 0.4) is 0 Å². The molecule has 4 heteroatoms. The van der Waals surface area contributed by atoms with Gasteiger partial charge in [-0.15, -0.1) is 0 Å². The van der Waals surface area contributed by atoms with Crippen molar-refractivity contribution in [3.63, 3.8) is 0 Å². The summed E-state index contributed by atoms with van der Waals surface area (Å²) in [6, 6.07) is 16.1. The SMILES string of the molecule is C[C@@H]([C]=O)NC(=O)Cc1cccc(Oc2ccccc2)c1. The molecule has 0 fully saturated rings. The summed E-state index contributed by atoms with van der Waals surface area (Å²) >= 11 is 0. The summed E-state index contributed by atoms with van der Waals surface area (Å²) in [5.41, 5.74) is 0.819. The molecular weight excluding hydrogens is 266 g/mol. The second-order valence-corrected chi connectivity index (χ2v) is 4.65. The number of ether oxygens (including phenoxy) is 1. The van der Waals surface area contributed by atoms with Gasteiger partial charge in [0.1, 0.15) is 11.5 Å². The molecule has 1 amide bonds. The van der Waals surface area contributed by atoms with Gasteiger partial charge < -0.3 is 10.1 Å². The number of nitrogens with one attached hydrogen (secondary N) is 1. The van der Waals surface area contributed by atoms with Crippen LogP contribution in [0.1, 0.15) is 12.5 Å². The van der Waals surface area contributed by atoms with E-state index >= 15 is 0 Å². The standard InChI is InChI=1S/C17H16NO3/c1-13(12-19)18-17(20)11-14-6-5-9-16(10-14)21-15-7-3-2-4-8-15/h2-10,13H,11H2,1H3,(H,18,20)/t13-/m0/s1. The average Bonchev–Trinajstić information content (AvgIpc) is 2.48. The summed E-state index contributed by atoms with van der Waals surface area (Å²) in [5, 5.41) is 2.54. The van der Waals surface area contributed by atoms with Crippen molar-refractivity contribution in [1.29, 1.82) is 0 Å². The predicted octanol–water partition coefficient (Wildman–Crippen LogP) is 2.64. The van der Waals surface area contributed by atoms with Crippen LogP contribution in [0, 0.1) is 0 Å². The number of rotatable bonds is 6. The van der Waals surface area contributed by atoms with Crippen LogP contribution < -0.4 is 10.1 Å². The molecule has 0 heterocycles. The van der Waals surface area contributed by atoms with E-state index in [1.807, 2.05) is 54.6 Å². The van der Waals surface area contributed by atoms with Crippen LogP contribution in [0.5, 0.6) is 11.5 Å². The fourth-order valence-electron chi connectivity index (χ4n) is 1.85. The van der Waals surface area contributed by atoms with Crippen molar-refractivity contribution in [3.05, 3.63) is 60.2 Å². The molecule has 107 valence electrons. The van der Waals surface area contributed by atoms with Gasteiger partial charge in [-0.1, -0.05) is 30.3 Å². The van der Waals surface area contributed by atoms with Crippen LogP contribution in [0.4, 0.5) is 0 Å². The molecule has 0 aliphatic heterocycles. The number of hydrogen-bond donors (Lipinski definition) is 1. The number of hydrogen-bond acceptors (Lipinski definition) is 3. The van der Waals surface area contributed by atoms with Gasteiger partial charge in [0.05, 0.1) is 12.5 Å². The third-order valence-electron chi connectivity index (χ3n) is 2.80. The fraction of sp³-hybridized carbons (Fsp3) is 0.176. The summed E-state index contributed by atoms with van der Waals surface area (Å²) in [6.07, 6.45) is 1.91. The van der Waals surface area contributed by atoms with E-state index in [2.05, 4.69) is 5.32 Å². The van der Waals surface area contributed by atoms with Gasteiger partial charge in [-0.05, 0) is 36.8 Å². The molecule has 1 N–H and O–H groups in total. The number of amides is 1. The molecule has 0 saturated carbocycles. The summed E-state index contributed by atoms with van der Waals surface area (Å²) in [5.74, 6) is 1.19. The smallest absolute Gasteiger partial charge is 0.225 e. The molecule has 2 aromatic rings. The summed E-state index contributed by atoms with van der Waals surface area (Å²) in [7, 11) is 0. The number of para-hydroxylation sites is 1. The second-order valence-electron chi connectivity index (χ2n) is 4.65. The molecular formula is C17H16NO3. The Bertz CT molecular complexity index is 610. The highest BCUT2D eigenvalue weighted by molar-refractivity contribution is 5.81. The monoisotopic (exact) mass is 282 g/mol. The largest absolute Gasteiger partial charge is 0.457 e. The van der Waals surface area contributed by atoms with Gasteiger partial charge in [0, 0.05) is 0 Å². The average molecular weight is 282 g/mol. The maximum atomic E-state index is 11.7. The van der Waals surface area contributed by atoms with Crippen molar-refractivity contribution in [1.82, 2.24) is 5.32 Å². The minimum absolute atomic E-state index is 0.192. The van der Waals surface area contributed by atoms with Crippen LogP contribution in [0.2, 0.25) is 0 Å². The van der Waals surface area contributed by atoms with Crippen LogP contribution in [0.15, 0.2) is 54.6 Å². The van der Waals surface area contributed by atoms with Gasteiger partial charge in [0.25, 0.3) is 0 Å². The van der Waals surface area contributed by atoms with Crippen LogP contribution in [-0.2, 0) is 16.0 Å². The Kier molecular flexibility index (Phi) is 5.10. The molecule has 4 nitrogen and oxygen atoms in total. The van der Waals surface area contributed by atoms with E-state index in [4.69, 9.17) is 4.74 Å². The number of carbonyl (C=O) groups is 1. The Balaban J connectivity index is 2.01. The highest BCUT2D eigenvalue weighted by atomic mass is 16.5. The normalized spacial score (nSPS) is 11.5. The Morgan fingerprint density at radius 3 is 2.57 bits per heavy atom. The van der Waals surface area contributed by atoms with Gasteiger partial charge >= 0.3 is 0 Å². The maximum Gasteiger partial charge on any atom is 0.225 e. The molecule has 1 radical (unpaired) electrons. The fourth-order valence-corrected chi connectivity index (χ4v) is 1.85.